The Morgan fingerprint density at radius 3 is 2.69 bits per heavy atom. The summed E-state index contributed by atoms with van der Waals surface area (Å²) >= 11 is 0. The SMILES string of the molecule is Cc1ccc(C(=O)NC(C)C)c(CNN)c1. The molecule has 0 spiro atoms. The van der Waals surface area contributed by atoms with E-state index in [1.54, 1.807) is 0 Å². The second-order valence-electron chi connectivity index (χ2n) is 4.17. The fourth-order valence-corrected chi connectivity index (χ4v) is 1.54. The number of hydrogen-bond acceptors (Lipinski definition) is 3. The van der Waals surface area contributed by atoms with Crippen molar-refractivity contribution in [2.45, 2.75) is 33.4 Å². The summed E-state index contributed by atoms with van der Waals surface area (Å²) < 4.78 is 0. The van der Waals surface area contributed by atoms with Gasteiger partial charge in [0.25, 0.3) is 5.91 Å². The molecule has 1 aromatic carbocycles. The number of nitrogens with one attached hydrogen (secondary N) is 2. The number of carbonyl (C=O) groups excluding carboxylic acids is 1. The van der Waals surface area contributed by atoms with Crippen molar-refractivity contribution in [3.05, 3.63) is 34.9 Å². The fourth-order valence-electron chi connectivity index (χ4n) is 1.54. The molecular formula is C12H19N3O. The zero-order chi connectivity index (χ0) is 12.1. The maximum absolute atomic E-state index is 11.9. The molecule has 0 radical (unpaired) electrons. The minimum absolute atomic E-state index is 0.0553. The topological polar surface area (TPSA) is 67.2 Å². The van der Waals surface area contributed by atoms with E-state index >= 15 is 0 Å². The van der Waals surface area contributed by atoms with Gasteiger partial charge in [0.1, 0.15) is 0 Å². The monoisotopic (exact) mass is 221 g/mol. The first-order valence-corrected chi connectivity index (χ1v) is 5.38. The lowest BCUT2D eigenvalue weighted by molar-refractivity contribution is 0.0942. The highest BCUT2D eigenvalue weighted by atomic mass is 16.1. The molecule has 0 aliphatic carbocycles. The van der Waals surface area contributed by atoms with Crippen LogP contribution in [0.4, 0.5) is 0 Å². The van der Waals surface area contributed by atoms with E-state index in [2.05, 4.69) is 10.7 Å². The van der Waals surface area contributed by atoms with E-state index in [4.69, 9.17) is 5.84 Å². The van der Waals surface area contributed by atoms with Crippen LogP contribution in [0.3, 0.4) is 0 Å². The number of aryl methyl sites for hydroxylation is 1. The molecule has 0 aromatic heterocycles. The lowest BCUT2D eigenvalue weighted by Gasteiger charge is -2.12. The number of nitrogens with two attached hydrogens (primary N) is 1. The Bertz CT molecular complexity index is 375. The smallest absolute Gasteiger partial charge is 0.251 e. The number of amides is 1. The van der Waals surface area contributed by atoms with Crippen molar-refractivity contribution < 1.29 is 4.79 Å². The molecule has 0 aliphatic rings. The van der Waals surface area contributed by atoms with Gasteiger partial charge >= 0.3 is 0 Å². The van der Waals surface area contributed by atoms with Gasteiger partial charge in [0.15, 0.2) is 0 Å². The maximum Gasteiger partial charge on any atom is 0.251 e. The lowest BCUT2D eigenvalue weighted by atomic mass is 10.0. The van der Waals surface area contributed by atoms with Crippen LogP contribution in [0.2, 0.25) is 0 Å². The minimum Gasteiger partial charge on any atom is -0.350 e. The molecule has 0 fully saturated rings. The van der Waals surface area contributed by atoms with Gasteiger partial charge in [-0.25, -0.2) is 0 Å². The Morgan fingerprint density at radius 1 is 1.44 bits per heavy atom. The van der Waals surface area contributed by atoms with Crippen molar-refractivity contribution in [1.82, 2.24) is 10.7 Å². The molecule has 0 aliphatic heterocycles. The van der Waals surface area contributed by atoms with Gasteiger partial charge in [0.2, 0.25) is 0 Å². The van der Waals surface area contributed by atoms with Crippen molar-refractivity contribution in [2.75, 3.05) is 0 Å². The molecule has 0 unspecified atom stereocenters. The van der Waals surface area contributed by atoms with Gasteiger partial charge in [-0.15, -0.1) is 0 Å². The van der Waals surface area contributed by atoms with Crippen LogP contribution in [0, 0.1) is 6.92 Å². The highest BCUT2D eigenvalue weighted by Gasteiger charge is 2.11. The zero-order valence-electron chi connectivity index (χ0n) is 10.0. The summed E-state index contributed by atoms with van der Waals surface area (Å²) in [7, 11) is 0. The van der Waals surface area contributed by atoms with Crippen molar-refractivity contribution in [2.24, 2.45) is 5.84 Å². The second-order valence-corrected chi connectivity index (χ2v) is 4.17. The predicted molar refractivity (Wildman–Crippen MR) is 64.8 cm³/mol. The van der Waals surface area contributed by atoms with Gasteiger partial charge in [0.05, 0.1) is 0 Å². The summed E-state index contributed by atoms with van der Waals surface area (Å²) in [6.07, 6.45) is 0. The number of hydrogen-bond donors (Lipinski definition) is 3. The Balaban J connectivity index is 2.97. The Kier molecular flexibility index (Phi) is 4.46. The van der Waals surface area contributed by atoms with Crippen LogP contribution >= 0.6 is 0 Å². The largest absolute Gasteiger partial charge is 0.350 e. The van der Waals surface area contributed by atoms with Crippen molar-refractivity contribution in [3.63, 3.8) is 0 Å². The van der Waals surface area contributed by atoms with Gasteiger partial charge in [-0.05, 0) is 32.4 Å². The van der Waals surface area contributed by atoms with E-state index in [0.717, 1.165) is 11.1 Å². The predicted octanol–water partition coefficient (Wildman–Crippen LogP) is 1.10. The third kappa shape index (κ3) is 3.32. The summed E-state index contributed by atoms with van der Waals surface area (Å²) in [6, 6.07) is 5.86. The molecular weight excluding hydrogens is 202 g/mol. The number of hydrazine groups is 1. The first kappa shape index (κ1) is 12.7. The first-order valence-electron chi connectivity index (χ1n) is 5.38. The highest BCUT2D eigenvalue weighted by Crippen LogP contribution is 2.11. The summed E-state index contributed by atoms with van der Waals surface area (Å²) in [5, 5.41) is 2.87. The average molecular weight is 221 g/mol. The molecule has 1 amide bonds. The maximum atomic E-state index is 11.9. The van der Waals surface area contributed by atoms with Crippen molar-refractivity contribution in [3.8, 4) is 0 Å². The molecule has 1 rings (SSSR count). The third-order valence-electron chi connectivity index (χ3n) is 2.22. The number of benzene rings is 1. The van der Waals surface area contributed by atoms with Gasteiger partial charge in [-0.3, -0.25) is 16.1 Å². The highest BCUT2D eigenvalue weighted by molar-refractivity contribution is 5.95. The van der Waals surface area contributed by atoms with E-state index in [9.17, 15) is 4.79 Å². The molecule has 4 N–H and O–H groups in total. The quantitative estimate of drug-likeness (QED) is 0.527. The standard InChI is InChI=1S/C12H19N3O/c1-8(2)15-12(16)11-5-4-9(3)6-10(11)7-14-13/h4-6,8,14H,7,13H2,1-3H3,(H,15,16). The third-order valence-corrected chi connectivity index (χ3v) is 2.22. The molecule has 0 heterocycles. The Labute approximate surface area is 96.2 Å². The van der Waals surface area contributed by atoms with Crippen LogP contribution in [0.25, 0.3) is 0 Å². The van der Waals surface area contributed by atoms with Gasteiger partial charge in [-0.1, -0.05) is 17.7 Å². The Morgan fingerprint density at radius 2 is 2.12 bits per heavy atom. The van der Waals surface area contributed by atoms with Crippen LogP contribution in [-0.2, 0) is 6.54 Å². The van der Waals surface area contributed by atoms with Gasteiger partial charge < -0.3 is 5.32 Å². The lowest BCUT2D eigenvalue weighted by Crippen LogP contribution is -2.32. The van der Waals surface area contributed by atoms with Crippen LogP contribution < -0.4 is 16.6 Å². The van der Waals surface area contributed by atoms with Gasteiger partial charge in [0, 0.05) is 18.2 Å². The number of rotatable bonds is 4. The molecule has 1 aromatic rings. The molecule has 4 nitrogen and oxygen atoms in total. The summed E-state index contributed by atoms with van der Waals surface area (Å²) in [6.45, 7) is 6.35. The van der Waals surface area contributed by atoms with Crippen molar-refractivity contribution >= 4 is 5.91 Å². The van der Waals surface area contributed by atoms with E-state index in [1.807, 2.05) is 39.0 Å². The Hall–Kier alpha value is -1.39. The first-order chi connectivity index (χ1) is 7.54. The van der Waals surface area contributed by atoms with E-state index in [1.165, 1.54) is 0 Å². The van der Waals surface area contributed by atoms with Crippen LogP contribution in [-0.4, -0.2) is 11.9 Å². The summed E-state index contributed by atoms with van der Waals surface area (Å²) in [5.74, 6) is 5.24. The fraction of sp³-hybridized carbons (Fsp3) is 0.417. The van der Waals surface area contributed by atoms with Crippen LogP contribution in [0.1, 0.15) is 35.3 Å². The molecule has 0 saturated carbocycles. The van der Waals surface area contributed by atoms with Crippen LogP contribution in [0.5, 0.6) is 0 Å². The average Bonchev–Trinajstić information content (AvgIpc) is 2.17. The molecule has 88 valence electrons. The molecule has 0 atom stereocenters. The summed E-state index contributed by atoms with van der Waals surface area (Å²) in [4.78, 5) is 11.9. The molecule has 0 bridgehead atoms. The van der Waals surface area contributed by atoms with E-state index in [0.29, 0.717) is 12.1 Å². The summed E-state index contributed by atoms with van der Waals surface area (Å²) in [5.41, 5.74) is 5.29. The number of carbonyl (C=O) groups is 1. The van der Waals surface area contributed by atoms with Crippen LogP contribution in [0.15, 0.2) is 18.2 Å². The van der Waals surface area contributed by atoms with Crippen molar-refractivity contribution in [1.29, 1.82) is 0 Å². The minimum atomic E-state index is -0.0553. The molecule has 16 heavy (non-hydrogen) atoms. The van der Waals surface area contributed by atoms with E-state index < -0.39 is 0 Å². The normalized spacial score (nSPS) is 10.6. The molecule has 4 heteroatoms. The molecule has 0 saturated heterocycles. The van der Waals surface area contributed by atoms with E-state index in [-0.39, 0.29) is 11.9 Å². The second kappa shape index (κ2) is 5.63. The van der Waals surface area contributed by atoms with Gasteiger partial charge in [-0.2, -0.15) is 0 Å². The zero-order valence-corrected chi connectivity index (χ0v) is 10.0.